The number of amides is 2. The van der Waals surface area contributed by atoms with Gasteiger partial charge in [-0.15, -0.1) is 0 Å². The number of para-hydroxylation sites is 1. The van der Waals surface area contributed by atoms with Gasteiger partial charge in [-0.25, -0.2) is 14.8 Å². The molecule has 3 aromatic rings. The van der Waals surface area contributed by atoms with Crippen molar-refractivity contribution in [3.63, 3.8) is 0 Å². The van der Waals surface area contributed by atoms with Gasteiger partial charge in [-0.3, -0.25) is 4.79 Å². The molecule has 9 nitrogen and oxygen atoms in total. The molecular formula is C34H43N4O5. The van der Waals surface area contributed by atoms with Crippen molar-refractivity contribution < 1.29 is 24.5 Å². The molecule has 43 heavy (non-hydrogen) atoms. The first-order chi connectivity index (χ1) is 21.0. The molecule has 0 aromatic heterocycles. The number of anilines is 1. The second kappa shape index (κ2) is 17.1. The number of carbonyl (C=O) groups is 2. The Morgan fingerprint density at radius 3 is 2.37 bits per heavy atom. The number of carbonyl (C=O) groups excluding carboxylic acids is 2. The van der Waals surface area contributed by atoms with E-state index in [0.717, 1.165) is 87.1 Å². The molecule has 0 aliphatic carbocycles. The standard InChI is InChI=1S/C34H43N4O5/c39-31-17-16-27(26-32(31)40)18-22-35-20-8-2-9-21-36-33(41)19-25-43-34(42)38(37-23-10-3-11-24-37)30-15-7-6-14-29(30)28-12-4-1-5-13-28/h1,3-7,12-17,26,35,39-40H,2,8-11,18-25H2,(H,36,41). The van der Waals surface area contributed by atoms with E-state index in [1.54, 1.807) is 17.1 Å². The number of ether oxygens (including phenoxy) is 1. The lowest BCUT2D eigenvalue weighted by atomic mass is 10.0. The number of hydrogen-bond acceptors (Lipinski definition) is 7. The number of nitrogens with one attached hydrogen (secondary N) is 2. The number of hydrogen-bond donors (Lipinski definition) is 4. The third-order valence-electron chi connectivity index (χ3n) is 7.39. The van der Waals surface area contributed by atoms with Gasteiger partial charge in [0.05, 0.1) is 12.1 Å². The third-order valence-corrected chi connectivity index (χ3v) is 7.39. The molecule has 2 amide bonds. The number of nitrogens with zero attached hydrogens (tertiary/aromatic N) is 2. The van der Waals surface area contributed by atoms with Crippen molar-refractivity contribution in [1.82, 2.24) is 15.6 Å². The largest absolute Gasteiger partial charge is 0.504 e. The first kappa shape index (κ1) is 31.8. The van der Waals surface area contributed by atoms with Crippen molar-refractivity contribution in [3.8, 4) is 22.6 Å². The molecule has 229 valence electrons. The summed E-state index contributed by atoms with van der Waals surface area (Å²) in [5.41, 5.74) is 3.69. The number of phenols is 2. The average molecular weight is 588 g/mol. The van der Waals surface area contributed by atoms with Crippen molar-refractivity contribution in [3.05, 3.63) is 84.8 Å². The Labute approximate surface area is 254 Å². The van der Waals surface area contributed by atoms with E-state index >= 15 is 0 Å². The number of rotatable bonds is 15. The molecular weight excluding hydrogens is 544 g/mol. The second-order valence-electron chi connectivity index (χ2n) is 10.6. The van der Waals surface area contributed by atoms with Gasteiger partial charge in [-0.2, -0.15) is 0 Å². The normalized spacial score (nSPS) is 13.4. The molecule has 3 aromatic carbocycles. The first-order valence-electron chi connectivity index (χ1n) is 15.2. The summed E-state index contributed by atoms with van der Waals surface area (Å²) < 4.78 is 5.64. The predicted octanol–water partition coefficient (Wildman–Crippen LogP) is 5.43. The highest BCUT2D eigenvalue weighted by atomic mass is 16.6. The quantitative estimate of drug-likeness (QED) is 0.138. The highest BCUT2D eigenvalue weighted by molar-refractivity contribution is 5.93. The maximum absolute atomic E-state index is 13.4. The summed E-state index contributed by atoms with van der Waals surface area (Å²) in [6.07, 6.45) is 7.25. The number of phenolic OH excluding ortho intramolecular Hbond substituents is 2. The Balaban J connectivity index is 1.15. The number of benzene rings is 3. The van der Waals surface area contributed by atoms with Crippen LogP contribution in [0.4, 0.5) is 10.5 Å². The van der Waals surface area contributed by atoms with E-state index < -0.39 is 6.09 Å². The SMILES string of the molecule is O=C(CCOC(=O)N(c1ccccc1-c1ccccc1)N1CC[CH]CC1)NCCCCCNCCc1ccc(O)c(O)c1. The van der Waals surface area contributed by atoms with Crippen LogP contribution in [0.3, 0.4) is 0 Å². The van der Waals surface area contributed by atoms with Gasteiger partial charge in [0.2, 0.25) is 5.91 Å². The first-order valence-corrected chi connectivity index (χ1v) is 15.2. The molecule has 1 heterocycles. The number of piperidine rings is 1. The van der Waals surface area contributed by atoms with E-state index in [-0.39, 0.29) is 30.4 Å². The van der Waals surface area contributed by atoms with Crippen LogP contribution >= 0.6 is 0 Å². The van der Waals surface area contributed by atoms with E-state index in [1.807, 2.05) is 59.6 Å². The number of unbranched alkanes of at least 4 members (excludes halogenated alkanes) is 2. The Kier molecular flexibility index (Phi) is 12.7. The molecule has 4 rings (SSSR count). The summed E-state index contributed by atoms with van der Waals surface area (Å²) in [6, 6.07) is 22.7. The Bertz CT molecular complexity index is 1300. The van der Waals surface area contributed by atoms with Gasteiger partial charge in [-0.1, -0.05) is 61.0 Å². The zero-order chi connectivity index (χ0) is 30.3. The summed E-state index contributed by atoms with van der Waals surface area (Å²) in [7, 11) is 0. The van der Waals surface area contributed by atoms with Crippen LogP contribution in [-0.4, -0.2) is 66.6 Å². The minimum absolute atomic E-state index is 0.0113. The van der Waals surface area contributed by atoms with Gasteiger partial charge in [0.15, 0.2) is 11.5 Å². The maximum atomic E-state index is 13.4. The molecule has 0 atom stereocenters. The fraction of sp³-hybridized carbons (Fsp3) is 0.382. The van der Waals surface area contributed by atoms with Crippen LogP contribution < -0.4 is 15.6 Å². The molecule has 0 unspecified atom stereocenters. The highest BCUT2D eigenvalue weighted by Crippen LogP contribution is 2.33. The second-order valence-corrected chi connectivity index (χ2v) is 10.6. The minimum atomic E-state index is -0.479. The van der Waals surface area contributed by atoms with Gasteiger partial charge in [0, 0.05) is 25.2 Å². The van der Waals surface area contributed by atoms with Crippen molar-refractivity contribution in [2.75, 3.05) is 44.3 Å². The highest BCUT2D eigenvalue weighted by Gasteiger charge is 2.28. The molecule has 4 N–H and O–H groups in total. The molecule has 0 spiro atoms. The summed E-state index contributed by atoms with van der Waals surface area (Å²) in [5.74, 6) is -0.337. The Morgan fingerprint density at radius 1 is 0.837 bits per heavy atom. The number of aromatic hydroxyl groups is 2. The molecule has 1 fully saturated rings. The van der Waals surface area contributed by atoms with Crippen LogP contribution in [-0.2, 0) is 16.0 Å². The monoisotopic (exact) mass is 587 g/mol. The van der Waals surface area contributed by atoms with Crippen molar-refractivity contribution in [1.29, 1.82) is 0 Å². The topological polar surface area (TPSA) is 114 Å². The van der Waals surface area contributed by atoms with Crippen LogP contribution in [0.2, 0.25) is 0 Å². The third kappa shape index (κ3) is 10.0. The zero-order valence-corrected chi connectivity index (χ0v) is 24.7. The lowest BCUT2D eigenvalue weighted by molar-refractivity contribution is -0.121. The fourth-order valence-electron chi connectivity index (χ4n) is 5.07. The Hall–Kier alpha value is -4.08. The van der Waals surface area contributed by atoms with Crippen LogP contribution in [0.5, 0.6) is 11.5 Å². The molecule has 1 saturated heterocycles. The van der Waals surface area contributed by atoms with E-state index in [2.05, 4.69) is 17.1 Å². The molecule has 0 saturated carbocycles. The lowest BCUT2D eigenvalue weighted by Crippen LogP contribution is -2.50. The summed E-state index contributed by atoms with van der Waals surface area (Å²) >= 11 is 0. The molecule has 1 aliphatic rings. The van der Waals surface area contributed by atoms with Gasteiger partial charge < -0.3 is 25.6 Å². The number of hydrazine groups is 1. The van der Waals surface area contributed by atoms with Crippen LogP contribution in [0.15, 0.2) is 72.8 Å². The van der Waals surface area contributed by atoms with Crippen LogP contribution in [0, 0.1) is 6.42 Å². The molecule has 1 radical (unpaired) electrons. The predicted molar refractivity (Wildman–Crippen MR) is 169 cm³/mol. The van der Waals surface area contributed by atoms with Crippen molar-refractivity contribution in [2.24, 2.45) is 0 Å². The van der Waals surface area contributed by atoms with Gasteiger partial charge in [0.25, 0.3) is 0 Å². The van der Waals surface area contributed by atoms with E-state index in [0.29, 0.717) is 6.54 Å². The van der Waals surface area contributed by atoms with Crippen LogP contribution in [0.25, 0.3) is 11.1 Å². The van der Waals surface area contributed by atoms with Crippen molar-refractivity contribution in [2.45, 2.75) is 44.9 Å². The zero-order valence-electron chi connectivity index (χ0n) is 24.7. The Morgan fingerprint density at radius 2 is 1.58 bits per heavy atom. The van der Waals surface area contributed by atoms with Gasteiger partial charge in [-0.05, 0) is 80.9 Å². The summed E-state index contributed by atoms with van der Waals surface area (Å²) in [4.78, 5) is 25.8. The van der Waals surface area contributed by atoms with Crippen LogP contribution in [0.1, 0.15) is 44.1 Å². The van der Waals surface area contributed by atoms with E-state index in [9.17, 15) is 19.8 Å². The van der Waals surface area contributed by atoms with Crippen molar-refractivity contribution >= 4 is 17.7 Å². The van der Waals surface area contributed by atoms with Gasteiger partial charge in [0.1, 0.15) is 6.61 Å². The molecule has 0 bridgehead atoms. The molecule has 1 aliphatic heterocycles. The van der Waals surface area contributed by atoms with Gasteiger partial charge >= 0.3 is 6.09 Å². The minimum Gasteiger partial charge on any atom is -0.504 e. The summed E-state index contributed by atoms with van der Waals surface area (Å²) in [6.45, 7) is 3.68. The van der Waals surface area contributed by atoms with E-state index in [1.165, 1.54) is 6.07 Å². The molecule has 9 heteroatoms. The summed E-state index contributed by atoms with van der Waals surface area (Å²) in [5, 5.41) is 28.9. The maximum Gasteiger partial charge on any atom is 0.429 e. The fourth-order valence-corrected chi connectivity index (χ4v) is 5.07. The van der Waals surface area contributed by atoms with E-state index in [4.69, 9.17) is 4.74 Å². The average Bonchev–Trinajstić information content (AvgIpc) is 3.03. The smallest absolute Gasteiger partial charge is 0.429 e. The lowest BCUT2D eigenvalue weighted by Gasteiger charge is -2.37.